The van der Waals surface area contributed by atoms with Gasteiger partial charge in [-0.1, -0.05) is 18.2 Å². The summed E-state index contributed by atoms with van der Waals surface area (Å²) in [5, 5.41) is 14.9. The lowest BCUT2D eigenvalue weighted by molar-refractivity contribution is -0.115. The molecule has 2 heterocycles. The SMILES string of the molecule is O=C(Cc1c(C(=O)O)[nH]c2ccccc12)Nc1nccs1. The number of hydrogen-bond acceptors (Lipinski definition) is 4. The summed E-state index contributed by atoms with van der Waals surface area (Å²) in [6, 6.07) is 7.20. The minimum Gasteiger partial charge on any atom is -0.477 e. The van der Waals surface area contributed by atoms with Gasteiger partial charge in [0.2, 0.25) is 5.91 Å². The number of thiazole rings is 1. The van der Waals surface area contributed by atoms with Crippen LogP contribution in [0.5, 0.6) is 0 Å². The number of aromatic nitrogens is 2. The van der Waals surface area contributed by atoms with E-state index in [0.717, 1.165) is 5.39 Å². The minimum atomic E-state index is -1.08. The number of para-hydroxylation sites is 1. The molecule has 21 heavy (non-hydrogen) atoms. The van der Waals surface area contributed by atoms with E-state index in [9.17, 15) is 14.7 Å². The maximum absolute atomic E-state index is 12.0. The van der Waals surface area contributed by atoms with Gasteiger partial charge in [0, 0.05) is 28.0 Å². The third-order valence-corrected chi connectivity index (χ3v) is 3.73. The number of anilines is 1. The van der Waals surface area contributed by atoms with E-state index in [1.54, 1.807) is 23.7 Å². The number of amides is 1. The Kier molecular flexibility index (Phi) is 3.41. The highest BCUT2D eigenvalue weighted by Gasteiger charge is 2.19. The summed E-state index contributed by atoms with van der Waals surface area (Å²) in [4.78, 5) is 30.2. The second-order valence-corrected chi connectivity index (χ2v) is 5.29. The number of fused-ring (bicyclic) bond motifs is 1. The third-order valence-electron chi connectivity index (χ3n) is 3.04. The topological polar surface area (TPSA) is 95.1 Å². The van der Waals surface area contributed by atoms with E-state index in [0.29, 0.717) is 16.2 Å². The number of carboxylic acid groups (broad SMARTS) is 1. The summed E-state index contributed by atoms with van der Waals surface area (Å²) in [6.45, 7) is 0. The average Bonchev–Trinajstić information content (AvgIpc) is 3.07. The predicted octanol–water partition coefficient (Wildman–Crippen LogP) is 2.50. The highest BCUT2D eigenvalue weighted by atomic mass is 32.1. The van der Waals surface area contributed by atoms with E-state index in [-0.39, 0.29) is 18.0 Å². The van der Waals surface area contributed by atoms with Crippen molar-refractivity contribution in [3.8, 4) is 0 Å². The molecule has 0 radical (unpaired) electrons. The van der Waals surface area contributed by atoms with Crippen molar-refractivity contribution in [2.24, 2.45) is 0 Å². The van der Waals surface area contributed by atoms with Crippen molar-refractivity contribution in [3.63, 3.8) is 0 Å². The van der Waals surface area contributed by atoms with Gasteiger partial charge in [0.05, 0.1) is 6.42 Å². The second-order valence-electron chi connectivity index (χ2n) is 4.39. The first-order valence-corrected chi connectivity index (χ1v) is 7.05. The van der Waals surface area contributed by atoms with Gasteiger partial charge in [0.1, 0.15) is 5.69 Å². The smallest absolute Gasteiger partial charge is 0.352 e. The zero-order valence-corrected chi connectivity index (χ0v) is 11.6. The molecule has 0 saturated heterocycles. The molecule has 0 spiro atoms. The largest absolute Gasteiger partial charge is 0.477 e. The van der Waals surface area contributed by atoms with Crippen molar-refractivity contribution in [2.75, 3.05) is 5.32 Å². The van der Waals surface area contributed by atoms with Crippen LogP contribution in [0.15, 0.2) is 35.8 Å². The lowest BCUT2D eigenvalue weighted by Gasteiger charge is -2.02. The van der Waals surface area contributed by atoms with Crippen LogP contribution in [-0.2, 0) is 11.2 Å². The van der Waals surface area contributed by atoms with E-state index in [2.05, 4.69) is 15.3 Å². The maximum atomic E-state index is 12.0. The second kappa shape index (κ2) is 5.37. The summed E-state index contributed by atoms with van der Waals surface area (Å²) in [5.41, 5.74) is 1.23. The summed E-state index contributed by atoms with van der Waals surface area (Å²) >= 11 is 1.31. The van der Waals surface area contributed by atoms with E-state index >= 15 is 0 Å². The average molecular weight is 301 g/mol. The molecule has 3 rings (SSSR count). The van der Waals surface area contributed by atoms with Gasteiger partial charge in [-0.25, -0.2) is 9.78 Å². The lowest BCUT2D eigenvalue weighted by atomic mass is 10.1. The van der Waals surface area contributed by atoms with Crippen LogP contribution in [-0.4, -0.2) is 27.0 Å². The van der Waals surface area contributed by atoms with Crippen molar-refractivity contribution in [1.29, 1.82) is 0 Å². The number of aromatic carboxylic acids is 1. The lowest BCUT2D eigenvalue weighted by Crippen LogP contribution is -2.16. The molecule has 0 atom stereocenters. The van der Waals surface area contributed by atoms with Gasteiger partial charge in [0.15, 0.2) is 5.13 Å². The number of carboxylic acids is 1. The molecule has 3 N–H and O–H groups in total. The van der Waals surface area contributed by atoms with Crippen molar-refractivity contribution in [1.82, 2.24) is 9.97 Å². The molecule has 0 unspecified atom stereocenters. The van der Waals surface area contributed by atoms with Crippen LogP contribution in [0.3, 0.4) is 0 Å². The zero-order chi connectivity index (χ0) is 14.8. The van der Waals surface area contributed by atoms with Gasteiger partial charge in [-0.05, 0) is 6.07 Å². The van der Waals surface area contributed by atoms with Crippen LogP contribution in [0.2, 0.25) is 0 Å². The Hall–Kier alpha value is -2.67. The molecular formula is C14H11N3O3S. The maximum Gasteiger partial charge on any atom is 0.352 e. The number of nitrogens with zero attached hydrogens (tertiary/aromatic N) is 1. The Morgan fingerprint density at radius 1 is 1.33 bits per heavy atom. The fourth-order valence-electron chi connectivity index (χ4n) is 2.18. The van der Waals surface area contributed by atoms with Crippen LogP contribution >= 0.6 is 11.3 Å². The number of H-pyrrole nitrogens is 1. The molecule has 0 aliphatic carbocycles. The quantitative estimate of drug-likeness (QED) is 0.690. The molecule has 0 aliphatic rings. The van der Waals surface area contributed by atoms with Gasteiger partial charge in [0.25, 0.3) is 0 Å². The standard InChI is InChI=1S/C14H11N3O3S/c18-11(17-14-15-5-6-21-14)7-9-8-3-1-2-4-10(8)16-12(9)13(19)20/h1-6,16H,7H2,(H,19,20)(H,15,17,18). The molecule has 3 aromatic rings. The van der Waals surface area contributed by atoms with Crippen molar-refractivity contribution >= 4 is 39.2 Å². The van der Waals surface area contributed by atoms with E-state index in [1.165, 1.54) is 11.3 Å². The first-order chi connectivity index (χ1) is 10.1. The molecule has 0 aliphatic heterocycles. The Bertz CT molecular complexity index is 808. The van der Waals surface area contributed by atoms with Gasteiger partial charge >= 0.3 is 5.97 Å². The van der Waals surface area contributed by atoms with Gasteiger partial charge in [-0.15, -0.1) is 11.3 Å². The summed E-state index contributed by atoms with van der Waals surface area (Å²) < 4.78 is 0. The number of carbonyl (C=O) groups excluding carboxylic acids is 1. The van der Waals surface area contributed by atoms with Crippen molar-refractivity contribution < 1.29 is 14.7 Å². The Morgan fingerprint density at radius 2 is 2.14 bits per heavy atom. The van der Waals surface area contributed by atoms with E-state index in [1.807, 2.05) is 12.1 Å². The number of rotatable bonds is 4. The van der Waals surface area contributed by atoms with Crippen LogP contribution in [0.4, 0.5) is 5.13 Å². The highest BCUT2D eigenvalue weighted by molar-refractivity contribution is 7.13. The van der Waals surface area contributed by atoms with Crippen LogP contribution in [0, 0.1) is 0 Å². The molecular weight excluding hydrogens is 290 g/mol. The summed E-state index contributed by atoms with van der Waals surface area (Å²) in [7, 11) is 0. The molecule has 0 saturated carbocycles. The summed E-state index contributed by atoms with van der Waals surface area (Å²) in [6.07, 6.45) is 1.57. The molecule has 7 heteroatoms. The highest BCUT2D eigenvalue weighted by Crippen LogP contribution is 2.23. The molecule has 6 nitrogen and oxygen atoms in total. The fourth-order valence-corrected chi connectivity index (χ4v) is 2.72. The van der Waals surface area contributed by atoms with Crippen molar-refractivity contribution in [2.45, 2.75) is 6.42 Å². The number of benzene rings is 1. The molecule has 106 valence electrons. The number of aromatic amines is 1. The minimum absolute atomic E-state index is 0.0226. The third kappa shape index (κ3) is 2.63. The van der Waals surface area contributed by atoms with E-state index in [4.69, 9.17) is 0 Å². The molecule has 1 amide bonds. The molecule has 2 aromatic heterocycles. The van der Waals surface area contributed by atoms with Gasteiger partial charge in [-0.2, -0.15) is 0 Å². The molecule has 1 aromatic carbocycles. The van der Waals surface area contributed by atoms with Crippen LogP contribution < -0.4 is 5.32 Å². The number of hydrogen-bond donors (Lipinski definition) is 3. The Labute approximate surface area is 123 Å². The predicted molar refractivity (Wildman–Crippen MR) is 79.7 cm³/mol. The summed E-state index contributed by atoms with van der Waals surface area (Å²) in [5.74, 6) is -1.37. The number of nitrogens with one attached hydrogen (secondary N) is 2. The molecule has 0 bridgehead atoms. The fraction of sp³-hybridized carbons (Fsp3) is 0.0714. The first-order valence-electron chi connectivity index (χ1n) is 6.17. The van der Waals surface area contributed by atoms with Crippen LogP contribution in [0.25, 0.3) is 10.9 Å². The normalized spacial score (nSPS) is 10.7. The van der Waals surface area contributed by atoms with Gasteiger partial charge < -0.3 is 15.4 Å². The Balaban J connectivity index is 1.93. The van der Waals surface area contributed by atoms with Gasteiger partial charge in [-0.3, -0.25) is 4.79 Å². The van der Waals surface area contributed by atoms with Crippen LogP contribution in [0.1, 0.15) is 16.1 Å². The van der Waals surface area contributed by atoms with Crippen molar-refractivity contribution in [3.05, 3.63) is 47.1 Å². The monoisotopic (exact) mass is 301 g/mol. The number of carbonyl (C=O) groups is 2. The molecule has 0 fully saturated rings. The zero-order valence-electron chi connectivity index (χ0n) is 10.8. The Morgan fingerprint density at radius 3 is 2.86 bits per heavy atom. The van der Waals surface area contributed by atoms with E-state index < -0.39 is 5.97 Å². The first kappa shape index (κ1) is 13.3.